The van der Waals surface area contributed by atoms with E-state index in [0.717, 1.165) is 0 Å². The summed E-state index contributed by atoms with van der Waals surface area (Å²) >= 11 is 0. The Bertz CT molecular complexity index is 559. The summed E-state index contributed by atoms with van der Waals surface area (Å²) in [5, 5.41) is 0. The lowest BCUT2D eigenvalue weighted by molar-refractivity contribution is 0.103. The average Bonchev–Trinajstić information content (AvgIpc) is 2.98. The Morgan fingerprint density at radius 2 is 1.70 bits per heavy atom. The topological polar surface area (TPSA) is 73.4 Å². The second-order valence-corrected chi connectivity index (χ2v) is 3.70. The molecule has 0 unspecified atom stereocenters. The molecule has 0 aliphatic carbocycles. The lowest BCUT2D eigenvalue weighted by Crippen LogP contribution is -2.04. The summed E-state index contributed by atoms with van der Waals surface area (Å²) in [5.74, 6) is 1.09. The van der Waals surface area contributed by atoms with Crippen molar-refractivity contribution in [3.63, 3.8) is 0 Å². The number of nitrogens with one attached hydrogen (secondary N) is 1. The highest BCUT2D eigenvalue weighted by atomic mass is 35.5. The molecule has 0 bridgehead atoms. The molecular formula is C13H15ClN2O4. The first-order chi connectivity index (χ1) is 9.21. The van der Waals surface area contributed by atoms with Crippen molar-refractivity contribution in [1.82, 2.24) is 9.97 Å². The maximum Gasteiger partial charge on any atom is 0.213 e. The minimum absolute atomic E-state index is 0. The van der Waals surface area contributed by atoms with Crippen molar-refractivity contribution in [1.29, 1.82) is 0 Å². The van der Waals surface area contributed by atoms with Crippen LogP contribution in [-0.4, -0.2) is 37.1 Å². The molecule has 0 atom stereocenters. The molecule has 0 radical (unpaired) electrons. The number of benzene rings is 1. The van der Waals surface area contributed by atoms with Crippen LogP contribution in [0.2, 0.25) is 0 Å². The number of imidazole rings is 1. The minimum Gasteiger partial charge on any atom is -0.493 e. The summed E-state index contributed by atoms with van der Waals surface area (Å²) in [5.41, 5.74) is 0.746. The largest absolute Gasteiger partial charge is 0.493 e. The monoisotopic (exact) mass is 298 g/mol. The van der Waals surface area contributed by atoms with Crippen LogP contribution in [0.25, 0.3) is 0 Å². The minimum atomic E-state index is -0.222. The fourth-order valence-electron chi connectivity index (χ4n) is 1.74. The third-order valence-electron chi connectivity index (χ3n) is 2.66. The number of methoxy groups -OCH3 is 3. The first-order valence-electron chi connectivity index (χ1n) is 5.54. The zero-order valence-corrected chi connectivity index (χ0v) is 12.1. The number of aromatic amines is 1. The predicted octanol–water partition coefficient (Wildman–Crippen LogP) is 2.09. The van der Waals surface area contributed by atoms with Gasteiger partial charge >= 0.3 is 0 Å². The van der Waals surface area contributed by atoms with Gasteiger partial charge < -0.3 is 19.2 Å². The molecule has 6 nitrogen and oxygen atoms in total. The van der Waals surface area contributed by atoms with E-state index in [9.17, 15) is 4.79 Å². The standard InChI is InChI=1S/C13H14N2O4.ClH/c1-17-10-4-8(5-11(18-2)13(10)19-3)12(16)9-6-14-7-15-9;/h4-7H,1-3H3,(H,14,15);1H. The molecule has 0 fully saturated rings. The van der Waals surface area contributed by atoms with Crippen LogP contribution >= 0.6 is 12.4 Å². The Kier molecular flexibility index (Phi) is 5.40. The van der Waals surface area contributed by atoms with Crippen LogP contribution in [0.1, 0.15) is 16.1 Å². The van der Waals surface area contributed by atoms with E-state index in [4.69, 9.17) is 14.2 Å². The quantitative estimate of drug-likeness (QED) is 0.856. The second kappa shape index (κ2) is 6.81. The van der Waals surface area contributed by atoms with Crippen molar-refractivity contribution in [2.75, 3.05) is 21.3 Å². The van der Waals surface area contributed by atoms with Crippen LogP contribution in [0.5, 0.6) is 17.2 Å². The summed E-state index contributed by atoms with van der Waals surface area (Å²) in [4.78, 5) is 18.9. The third-order valence-corrected chi connectivity index (χ3v) is 2.66. The van der Waals surface area contributed by atoms with Gasteiger partial charge in [-0.15, -0.1) is 12.4 Å². The Hall–Kier alpha value is -2.21. The Labute approximate surface area is 122 Å². The number of rotatable bonds is 5. The van der Waals surface area contributed by atoms with Gasteiger partial charge in [-0.2, -0.15) is 0 Å². The molecule has 108 valence electrons. The molecule has 2 aromatic rings. The number of ether oxygens (including phenoxy) is 3. The van der Waals surface area contributed by atoms with Crippen molar-refractivity contribution in [2.45, 2.75) is 0 Å². The fraction of sp³-hybridized carbons (Fsp3) is 0.231. The molecule has 2 rings (SSSR count). The lowest BCUT2D eigenvalue weighted by Gasteiger charge is -2.13. The van der Waals surface area contributed by atoms with Crippen LogP contribution in [-0.2, 0) is 0 Å². The van der Waals surface area contributed by atoms with Crippen LogP contribution < -0.4 is 14.2 Å². The Morgan fingerprint density at radius 1 is 1.10 bits per heavy atom. The van der Waals surface area contributed by atoms with Crippen molar-refractivity contribution in [3.8, 4) is 17.2 Å². The summed E-state index contributed by atoms with van der Waals surface area (Å²) in [7, 11) is 4.51. The van der Waals surface area contributed by atoms with Crippen LogP contribution in [0.15, 0.2) is 24.7 Å². The molecule has 7 heteroatoms. The molecule has 0 amide bonds. The number of hydrogen-bond donors (Lipinski definition) is 1. The van der Waals surface area contributed by atoms with Crippen molar-refractivity contribution < 1.29 is 19.0 Å². The highest BCUT2D eigenvalue weighted by molar-refractivity contribution is 6.08. The number of halogens is 1. The smallest absolute Gasteiger partial charge is 0.213 e. The maximum absolute atomic E-state index is 12.2. The first kappa shape index (κ1) is 15.8. The highest BCUT2D eigenvalue weighted by Gasteiger charge is 2.18. The van der Waals surface area contributed by atoms with E-state index < -0.39 is 0 Å². The zero-order chi connectivity index (χ0) is 13.8. The van der Waals surface area contributed by atoms with Gasteiger partial charge in [0.05, 0.1) is 27.7 Å². The average molecular weight is 299 g/mol. The van der Waals surface area contributed by atoms with Gasteiger partial charge in [-0.3, -0.25) is 4.79 Å². The molecular weight excluding hydrogens is 284 g/mol. The molecule has 1 heterocycles. The van der Waals surface area contributed by atoms with Gasteiger partial charge in [-0.25, -0.2) is 4.98 Å². The van der Waals surface area contributed by atoms with E-state index in [-0.39, 0.29) is 18.2 Å². The third kappa shape index (κ3) is 2.85. The molecule has 1 N–H and O–H groups in total. The molecule has 0 aliphatic rings. The second-order valence-electron chi connectivity index (χ2n) is 3.70. The number of aromatic nitrogens is 2. The van der Waals surface area contributed by atoms with Crippen molar-refractivity contribution in [2.24, 2.45) is 0 Å². The van der Waals surface area contributed by atoms with Crippen LogP contribution in [0, 0.1) is 0 Å². The van der Waals surface area contributed by atoms with Crippen LogP contribution in [0.4, 0.5) is 0 Å². The van der Waals surface area contributed by atoms with Gasteiger partial charge in [0.25, 0.3) is 0 Å². The van der Waals surface area contributed by atoms with E-state index in [1.54, 1.807) is 12.1 Å². The number of hydrogen-bond acceptors (Lipinski definition) is 5. The molecule has 0 saturated carbocycles. The predicted molar refractivity (Wildman–Crippen MR) is 75.4 cm³/mol. The molecule has 20 heavy (non-hydrogen) atoms. The molecule has 0 aliphatic heterocycles. The summed E-state index contributed by atoms with van der Waals surface area (Å²) < 4.78 is 15.6. The fourth-order valence-corrected chi connectivity index (χ4v) is 1.74. The zero-order valence-electron chi connectivity index (χ0n) is 11.3. The Morgan fingerprint density at radius 3 is 2.10 bits per heavy atom. The summed E-state index contributed by atoms with van der Waals surface area (Å²) in [6.45, 7) is 0. The summed E-state index contributed by atoms with van der Waals surface area (Å²) in [6.07, 6.45) is 2.98. The van der Waals surface area contributed by atoms with Gasteiger partial charge in [0.2, 0.25) is 11.5 Å². The van der Waals surface area contributed by atoms with Gasteiger partial charge in [0.15, 0.2) is 11.5 Å². The highest BCUT2D eigenvalue weighted by Crippen LogP contribution is 2.38. The molecule has 0 spiro atoms. The van der Waals surface area contributed by atoms with Gasteiger partial charge in [-0.05, 0) is 12.1 Å². The molecule has 1 aromatic carbocycles. The lowest BCUT2D eigenvalue weighted by atomic mass is 10.1. The van der Waals surface area contributed by atoms with Crippen molar-refractivity contribution in [3.05, 3.63) is 35.9 Å². The molecule has 1 aromatic heterocycles. The molecule has 0 saturated heterocycles. The van der Waals surface area contributed by atoms with Crippen molar-refractivity contribution >= 4 is 18.2 Å². The van der Waals surface area contributed by atoms with Gasteiger partial charge in [-0.1, -0.05) is 0 Å². The first-order valence-corrected chi connectivity index (χ1v) is 5.54. The van der Waals surface area contributed by atoms with E-state index in [1.807, 2.05) is 0 Å². The Balaban J connectivity index is 0.00000200. The van der Waals surface area contributed by atoms with Crippen LogP contribution in [0.3, 0.4) is 0 Å². The van der Waals surface area contributed by atoms with Gasteiger partial charge in [0, 0.05) is 11.8 Å². The summed E-state index contributed by atoms with van der Waals surface area (Å²) in [6, 6.07) is 3.19. The van der Waals surface area contributed by atoms with Gasteiger partial charge in [0.1, 0.15) is 5.69 Å². The van der Waals surface area contributed by atoms with E-state index in [0.29, 0.717) is 28.5 Å². The van der Waals surface area contributed by atoms with E-state index >= 15 is 0 Å². The SMILES string of the molecule is COc1cc(C(=O)c2c[nH]cn2)cc(OC)c1OC.Cl. The number of carbonyl (C=O) groups is 1. The number of carbonyl (C=O) groups excluding carboxylic acids is 1. The van der Waals surface area contributed by atoms with E-state index in [1.165, 1.54) is 33.9 Å². The van der Waals surface area contributed by atoms with E-state index in [2.05, 4.69) is 9.97 Å². The number of H-pyrrole nitrogens is 1. The number of ketones is 1. The number of nitrogens with zero attached hydrogens (tertiary/aromatic N) is 1. The normalized spacial score (nSPS) is 9.55. The maximum atomic E-state index is 12.2.